The number of esters is 2. The molecular formula is C14H10F12O4. The topological polar surface area (TPSA) is 52.6 Å². The van der Waals surface area contributed by atoms with E-state index in [1.807, 2.05) is 0 Å². The summed E-state index contributed by atoms with van der Waals surface area (Å²) in [6, 6.07) is 0. The molecule has 0 aromatic carbocycles. The second-order valence-electron chi connectivity index (χ2n) is 5.96. The lowest BCUT2D eigenvalue weighted by atomic mass is 9.83. The average Bonchev–Trinajstić information content (AvgIpc) is 2.52. The van der Waals surface area contributed by atoms with Crippen LogP contribution in [-0.4, -0.2) is 48.9 Å². The van der Waals surface area contributed by atoms with Crippen molar-refractivity contribution in [1.29, 1.82) is 0 Å². The minimum atomic E-state index is -6.12. The zero-order chi connectivity index (χ0) is 23.7. The van der Waals surface area contributed by atoms with Gasteiger partial charge in [0.2, 0.25) is 0 Å². The van der Waals surface area contributed by atoms with Crippen LogP contribution in [-0.2, 0) is 19.1 Å². The third kappa shape index (κ3) is 6.68. The Kier molecular flexibility index (Phi) is 7.36. The number of alkyl halides is 12. The maximum Gasteiger partial charge on any atom is 0.434 e. The molecule has 0 unspecified atom stereocenters. The van der Waals surface area contributed by atoms with E-state index in [-0.39, 0.29) is 0 Å². The molecule has 1 rings (SSSR count). The summed E-state index contributed by atoms with van der Waals surface area (Å²) in [7, 11) is 0. The Morgan fingerprint density at radius 1 is 0.600 bits per heavy atom. The summed E-state index contributed by atoms with van der Waals surface area (Å²) in [5.74, 6) is -9.07. The van der Waals surface area contributed by atoms with Crippen molar-refractivity contribution in [3.8, 4) is 0 Å². The molecule has 0 fully saturated rings. The Labute approximate surface area is 158 Å². The molecule has 174 valence electrons. The van der Waals surface area contributed by atoms with Gasteiger partial charge in [-0.2, -0.15) is 52.7 Å². The van der Waals surface area contributed by atoms with Gasteiger partial charge in [-0.25, -0.2) is 0 Å². The lowest BCUT2D eigenvalue weighted by Crippen LogP contribution is -2.49. The van der Waals surface area contributed by atoms with Gasteiger partial charge in [0.1, 0.15) is 0 Å². The van der Waals surface area contributed by atoms with Crippen LogP contribution in [0, 0.1) is 11.8 Å². The highest BCUT2D eigenvalue weighted by molar-refractivity contribution is 5.83. The predicted octanol–water partition coefficient (Wildman–Crippen LogP) is 4.64. The van der Waals surface area contributed by atoms with E-state index >= 15 is 0 Å². The first-order chi connectivity index (χ1) is 13.3. The summed E-state index contributed by atoms with van der Waals surface area (Å²) >= 11 is 0. The summed E-state index contributed by atoms with van der Waals surface area (Å²) in [4.78, 5) is 23.6. The molecular weight excluding hydrogens is 460 g/mol. The van der Waals surface area contributed by atoms with Gasteiger partial charge in [-0.15, -0.1) is 0 Å². The summed E-state index contributed by atoms with van der Waals surface area (Å²) < 4.78 is 156. The Hall–Kier alpha value is -2.16. The third-order valence-corrected chi connectivity index (χ3v) is 3.70. The van der Waals surface area contributed by atoms with E-state index in [2.05, 4.69) is 9.47 Å². The number of allylic oxidation sites excluding steroid dienone is 2. The molecule has 1 aliphatic rings. The number of carbonyl (C=O) groups excluding carboxylic acids is 2. The largest absolute Gasteiger partial charge is 0.443 e. The molecule has 0 aliphatic heterocycles. The first-order valence-electron chi connectivity index (χ1n) is 7.59. The maximum atomic E-state index is 12.5. The van der Waals surface area contributed by atoms with Gasteiger partial charge in [0.15, 0.2) is 0 Å². The van der Waals surface area contributed by atoms with Crippen molar-refractivity contribution in [3.05, 3.63) is 12.2 Å². The van der Waals surface area contributed by atoms with E-state index in [9.17, 15) is 62.3 Å². The molecule has 0 saturated heterocycles. The SMILES string of the molecule is O=C(OC(C(F)(F)F)C(F)(F)F)[C@H]1CC=CC[C@H]1C(=O)OC(C(F)(F)F)C(F)(F)F. The molecule has 0 bridgehead atoms. The van der Waals surface area contributed by atoms with Crippen LogP contribution >= 0.6 is 0 Å². The highest BCUT2D eigenvalue weighted by Crippen LogP contribution is 2.40. The highest BCUT2D eigenvalue weighted by atomic mass is 19.4. The average molecular weight is 470 g/mol. The van der Waals surface area contributed by atoms with E-state index in [0.29, 0.717) is 0 Å². The van der Waals surface area contributed by atoms with Crippen LogP contribution in [0.1, 0.15) is 12.8 Å². The van der Waals surface area contributed by atoms with E-state index in [1.54, 1.807) is 0 Å². The van der Waals surface area contributed by atoms with Gasteiger partial charge in [-0.3, -0.25) is 9.59 Å². The number of ether oxygens (including phenoxy) is 2. The van der Waals surface area contributed by atoms with Gasteiger partial charge in [-0.05, 0) is 12.8 Å². The zero-order valence-corrected chi connectivity index (χ0v) is 14.0. The molecule has 0 N–H and O–H groups in total. The molecule has 0 aromatic heterocycles. The van der Waals surface area contributed by atoms with Crippen LogP contribution in [0.15, 0.2) is 12.2 Å². The minimum absolute atomic E-state index is 0.788. The summed E-state index contributed by atoms with van der Waals surface area (Å²) in [6.45, 7) is 0. The number of hydrogen-bond acceptors (Lipinski definition) is 4. The molecule has 0 aromatic rings. The number of halogens is 12. The smallest absolute Gasteiger partial charge is 0.434 e. The fourth-order valence-corrected chi connectivity index (χ4v) is 2.38. The van der Waals surface area contributed by atoms with Crippen LogP contribution < -0.4 is 0 Å². The molecule has 4 nitrogen and oxygen atoms in total. The van der Waals surface area contributed by atoms with Crippen molar-refractivity contribution in [1.82, 2.24) is 0 Å². The van der Waals surface area contributed by atoms with Crippen LogP contribution in [0.2, 0.25) is 0 Å². The standard InChI is InChI=1S/C14H10F12O4/c15-11(16,17)9(12(18,19)20)29-7(27)5-3-1-2-4-6(5)8(28)30-10(13(21,22)23)14(24,25)26/h1-2,5-6,9-10H,3-4H2/t5-,6+. The Balaban J connectivity index is 3.09. The molecule has 0 spiro atoms. The van der Waals surface area contributed by atoms with Crippen molar-refractivity contribution in [3.63, 3.8) is 0 Å². The molecule has 0 heterocycles. The highest BCUT2D eigenvalue weighted by Gasteiger charge is 2.62. The Morgan fingerprint density at radius 3 is 1.03 bits per heavy atom. The fraction of sp³-hybridized carbons (Fsp3) is 0.714. The monoisotopic (exact) mass is 470 g/mol. The first kappa shape index (κ1) is 25.9. The zero-order valence-electron chi connectivity index (χ0n) is 14.0. The predicted molar refractivity (Wildman–Crippen MR) is 69.3 cm³/mol. The van der Waals surface area contributed by atoms with Gasteiger partial charge in [0, 0.05) is 0 Å². The Morgan fingerprint density at radius 2 is 0.833 bits per heavy atom. The molecule has 1 aliphatic carbocycles. The molecule has 0 amide bonds. The van der Waals surface area contributed by atoms with E-state index < -0.39 is 73.5 Å². The van der Waals surface area contributed by atoms with Gasteiger partial charge in [0.25, 0.3) is 12.2 Å². The summed E-state index contributed by atoms with van der Waals surface area (Å²) in [5.41, 5.74) is 0. The second kappa shape index (κ2) is 8.53. The fourth-order valence-electron chi connectivity index (χ4n) is 2.38. The third-order valence-electron chi connectivity index (χ3n) is 3.70. The number of hydrogen-bond donors (Lipinski definition) is 0. The van der Waals surface area contributed by atoms with Crippen molar-refractivity contribution in [2.45, 2.75) is 49.8 Å². The van der Waals surface area contributed by atoms with Crippen molar-refractivity contribution < 1.29 is 71.7 Å². The lowest BCUT2D eigenvalue weighted by molar-refractivity contribution is -0.317. The molecule has 2 atom stereocenters. The van der Waals surface area contributed by atoms with E-state index in [0.717, 1.165) is 12.2 Å². The van der Waals surface area contributed by atoms with E-state index in [1.165, 1.54) is 0 Å². The van der Waals surface area contributed by atoms with Gasteiger partial charge < -0.3 is 9.47 Å². The first-order valence-corrected chi connectivity index (χ1v) is 7.59. The molecule has 30 heavy (non-hydrogen) atoms. The van der Waals surface area contributed by atoms with Crippen molar-refractivity contribution >= 4 is 11.9 Å². The van der Waals surface area contributed by atoms with Gasteiger partial charge in [-0.1, -0.05) is 12.2 Å². The van der Waals surface area contributed by atoms with Gasteiger partial charge >= 0.3 is 36.6 Å². The van der Waals surface area contributed by atoms with Crippen LogP contribution in [0.3, 0.4) is 0 Å². The van der Waals surface area contributed by atoms with Crippen molar-refractivity contribution in [2.75, 3.05) is 0 Å². The Bertz CT molecular complexity index is 574. The normalized spacial score (nSPS) is 21.1. The number of rotatable bonds is 4. The number of carbonyl (C=O) groups is 2. The van der Waals surface area contributed by atoms with E-state index in [4.69, 9.17) is 0 Å². The van der Waals surface area contributed by atoms with Gasteiger partial charge in [0.05, 0.1) is 11.8 Å². The summed E-state index contributed by atoms with van der Waals surface area (Å²) in [5, 5.41) is 0. The van der Waals surface area contributed by atoms with Crippen LogP contribution in [0.4, 0.5) is 52.7 Å². The summed E-state index contributed by atoms with van der Waals surface area (Å²) in [6.07, 6.45) is -33.3. The molecule has 0 saturated carbocycles. The van der Waals surface area contributed by atoms with Crippen molar-refractivity contribution in [2.24, 2.45) is 11.8 Å². The second-order valence-corrected chi connectivity index (χ2v) is 5.96. The molecule has 0 radical (unpaired) electrons. The quantitative estimate of drug-likeness (QED) is 0.342. The molecule has 16 heteroatoms. The van der Waals surface area contributed by atoms with Crippen LogP contribution in [0.5, 0.6) is 0 Å². The maximum absolute atomic E-state index is 12.5. The van der Waals surface area contributed by atoms with Crippen LogP contribution in [0.25, 0.3) is 0 Å². The lowest BCUT2D eigenvalue weighted by Gasteiger charge is -2.30. The minimum Gasteiger partial charge on any atom is -0.443 e.